The Morgan fingerprint density at radius 2 is 1.85 bits per heavy atom. The van der Waals surface area contributed by atoms with Gasteiger partial charge in [0.05, 0.1) is 8.95 Å². The quantitative estimate of drug-likeness (QED) is 0.291. The van der Waals surface area contributed by atoms with Crippen molar-refractivity contribution < 1.29 is 14.3 Å². The Kier molecular flexibility index (Phi) is 6.72. The third-order valence-corrected chi connectivity index (χ3v) is 4.40. The highest BCUT2D eigenvalue weighted by atomic mass is 79.9. The maximum atomic E-state index is 12.3. The molecule has 0 aromatic heterocycles. The lowest BCUT2D eigenvalue weighted by atomic mass is 10.1. The summed E-state index contributed by atoms with van der Waals surface area (Å²) in [4.78, 5) is 23.5. The van der Waals surface area contributed by atoms with Crippen molar-refractivity contribution in [3.05, 3.63) is 62.0 Å². The first-order valence-electron chi connectivity index (χ1n) is 7.47. The first kappa shape index (κ1) is 19.9. The van der Waals surface area contributed by atoms with Crippen molar-refractivity contribution in [3.63, 3.8) is 0 Å². The van der Waals surface area contributed by atoms with Crippen LogP contribution in [0, 0.1) is 18.3 Å². The van der Waals surface area contributed by atoms with Gasteiger partial charge < -0.3 is 10.1 Å². The maximum absolute atomic E-state index is 12.3. The third-order valence-electron chi connectivity index (χ3n) is 3.22. The van der Waals surface area contributed by atoms with E-state index >= 15 is 0 Å². The number of hydrogen-bond donors (Lipinski definition) is 1. The number of halogens is 2. The minimum atomic E-state index is -0.505. The number of anilines is 1. The second-order valence-corrected chi connectivity index (χ2v) is 7.11. The van der Waals surface area contributed by atoms with Gasteiger partial charge in [-0.05, 0) is 80.3 Å². The first-order valence-corrected chi connectivity index (χ1v) is 9.06. The summed E-state index contributed by atoms with van der Waals surface area (Å²) >= 11 is 6.63. The van der Waals surface area contributed by atoms with E-state index in [9.17, 15) is 14.9 Å². The van der Waals surface area contributed by atoms with Crippen molar-refractivity contribution in [1.29, 1.82) is 5.26 Å². The smallest absolute Gasteiger partial charge is 0.308 e. The predicted molar refractivity (Wildman–Crippen MR) is 107 cm³/mol. The standard InChI is InChI=1S/C19H14Br2N2O3/c1-11-4-3-5-15(6-11)23-19(25)14(10-22)7-13-8-16(20)18(17(21)9-13)26-12(2)24/h3-9H,1-2H3,(H,23,25)/b14-7+. The topological polar surface area (TPSA) is 79.2 Å². The molecule has 0 heterocycles. The van der Waals surface area contributed by atoms with Crippen LogP contribution < -0.4 is 10.1 Å². The molecule has 0 aliphatic carbocycles. The SMILES string of the molecule is CC(=O)Oc1c(Br)cc(/C=C(\C#N)C(=O)Nc2cccc(C)c2)cc1Br. The number of esters is 1. The number of hydrogen-bond acceptors (Lipinski definition) is 4. The zero-order valence-electron chi connectivity index (χ0n) is 14.0. The molecule has 0 saturated heterocycles. The van der Waals surface area contributed by atoms with Crippen LogP contribution >= 0.6 is 31.9 Å². The molecule has 0 aliphatic heterocycles. The minimum absolute atomic E-state index is 0.0504. The normalized spacial score (nSPS) is 10.8. The second-order valence-electron chi connectivity index (χ2n) is 5.40. The van der Waals surface area contributed by atoms with Gasteiger partial charge in [-0.15, -0.1) is 0 Å². The van der Waals surface area contributed by atoms with Gasteiger partial charge in [-0.2, -0.15) is 5.26 Å². The fourth-order valence-electron chi connectivity index (χ4n) is 2.14. The molecule has 5 nitrogen and oxygen atoms in total. The number of rotatable bonds is 4. The highest BCUT2D eigenvalue weighted by molar-refractivity contribution is 9.11. The van der Waals surface area contributed by atoms with Gasteiger partial charge in [0, 0.05) is 12.6 Å². The largest absolute Gasteiger partial charge is 0.424 e. The molecule has 0 aliphatic rings. The number of amides is 1. The summed E-state index contributed by atoms with van der Waals surface area (Å²) in [6.45, 7) is 3.21. The average Bonchev–Trinajstić information content (AvgIpc) is 2.55. The van der Waals surface area contributed by atoms with E-state index in [-0.39, 0.29) is 5.57 Å². The van der Waals surface area contributed by atoms with Crippen molar-refractivity contribution in [2.24, 2.45) is 0 Å². The Hall–Kier alpha value is -2.43. The van der Waals surface area contributed by atoms with Gasteiger partial charge in [-0.1, -0.05) is 12.1 Å². The first-order chi connectivity index (χ1) is 12.3. The molecule has 0 fully saturated rings. The van der Waals surface area contributed by atoms with E-state index < -0.39 is 11.9 Å². The summed E-state index contributed by atoms with van der Waals surface area (Å²) < 4.78 is 6.14. The molecule has 0 saturated carbocycles. The van der Waals surface area contributed by atoms with Gasteiger partial charge >= 0.3 is 5.97 Å². The van der Waals surface area contributed by atoms with Crippen LogP contribution in [-0.4, -0.2) is 11.9 Å². The molecule has 0 radical (unpaired) electrons. The van der Waals surface area contributed by atoms with Crippen LogP contribution in [0.25, 0.3) is 6.08 Å². The lowest BCUT2D eigenvalue weighted by Gasteiger charge is -2.09. The molecule has 1 N–H and O–H groups in total. The van der Waals surface area contributed by atoms with E-state index in [1.54, 1.807) is 18.2 Å². The number of aryl methyl sites for hydroxylation is 1. The summed E-state index contributed by atoms with van der Waals surface area (Å²) in [6, 6.07) is 12.5. The monoisotopic (exact) mass is 476 g/mol. The molecule has 0 atom stereocenters. The van der Waals surface area contributed by atoms with Gasteiger partial charge in [0.25, 0.3) is 5.91 Å². The Morgan fingerprint density at radius 3 is 2.38 bits per heavy atom. The van der Waals surface area contributed by atoms with Crippen molar-refractivity contribution in [2.45, 2.75) is 13.8 Å². The molecule has 7 heteroatoms. The molecule has 26 heavy (non-hydrogen) atoms. The number of nitrogens with zero attached hydrogens (tertiary/aromatic N) is 1. The summed E-state index contributed by atoms with van der Waals surface area (Å²) in [7, 11) is 0. The van der Waals surface area contributed by atoms with Crippen molar-refractivity contribution in [2.75, 3.05) is 5.32 Å². The van der Waals surface area contributed by atoms with E-state index in [2.05, 4.69) is 37.2 Å². The third kappa shape index (κ3) is 5.28. The molecule has 2 aromatic rings. The zero-order valence-corrected chi connectivity index (χ0v) is 17.1. The van der Waals surface area contributed by atoms with Crippen LogP contribution in [0.2, 0.25) is 0 Å². The number of carbonyl (C=O) groups excluding carboxylic acids is 2. The van der Waals surface area contributed by atoms with Crippen LogP contribution in [0.3, 0.4) is 0 Å². The van der Waals surface area contributed by atoms with Crippen LogP contribution in [-0.2, 0) is 9.59 Å². The fourth-order valence-corrected chi connectivity index (χ4v) is 3.52. The van der Waals surface area contributed by atoms with Gasteiger partial charge in [0.2, 0.25) is 0 Å². The van der Waals surface area contributed by atoms with Gasteiger partial charge in [0.15, 0.2) is 5.75 Å². The Balaban J connectivity index is 2.29. The minimum Gasteiger partial charge on any atom is -0.424 e. The fraction of sp³-hybridized carbons (Fsp3) is 0.105. The van der Waals surface area contributed by atoms with E-state index in [1.165, 1.54) is 13.0 Å². The van der Waals surface area contributed by atoms with E-state index in [0.29, 0.717) is 25.9 Å². The van der Waals surface area contributed by atoms with E-state index in [4.69, 9.17) is 4.74 Å². The number of nitrogens with one attached hydrogen (secondary N) is 1. The molecular formula is C19H14Br2N2O3. The van der Waals surface area contributed by atoms with E-state index in [1.807, 2.05) is 31.2 Å². The van der Waals surface area contributed by atoms with Gasteiger partial charge in [-0.3, -0.25) is 9.59 Å². The maximum Gasteiger partial charge on any atom is 0.308 e. The van der Waals surface area contributed by atoms with E-state index in [0.717, 1.165) is 5.56 Å². The van der Waals surface area contributed by atoms with Crippen LogP contribution in [0.15, 0.2) is 50.9 Å². The summed E-state index contributed by atoms with van der Waals surface area (Å²) in [6.07, 6.45) is 1.46. The predicted octanol–water partition coefficient (Wildman–Crippen LogP) is 4.99. The average molecular weight is 478 g/mol. The van der Waals surface area contributed by atoms with Crippen molar-refractivity contribution in [3.8, 4) is 11.8 Å². The molecule has 2 aromatic carbocycles. The van der Waals surface area contributed by atoms with Crippen LogP contribution in [0.1, 0.15) is 18.1 Å². The lowest BCUT2D eigenvalue weighted by molar-refractivity contribution is -0.132. The Bertz CT molecular complexity index is 923. The summed E-state index contributed by atoms with van der Waals surface area (Å²) in [5, 5.41) is 12.0. The lowest BCUT2D eigenvalue weighted by Crippen LogP contribution is -2.13. The highest BCUT2D eigenvalue weighted by Crippen LogP contribution is 2.35. The van der Waals surface area contributed by atoms with Crippen LogP contribution in [0.5, 0.6) is 5.75 Å². The summed E-state index contributed by atoms with van der Waals surface area (Å²) in [5.41, 5.74) is 2.16. The van der Waals surface area contributed by atoms with Gasteiger partial charge in [0.1, 0.15) is 11.6 Å². The van der Waals surface area contributed by atoms with Gasteiger partial charge in [-0.25, -0.2) is 0 Å². The molecular weight excluding hydrogens is 464 g/mol. The number of ether oxygens (including phenoxy) is 1. The van der Waals surface area contributed by atoms with Crippen LogP contribution in [0.4, 0.5) is 5.69 Å². The molecule has 0 unspecified atom stereocenters. The molecule has 132 valence electrons. The molecule has 1 amide bonds. The Labute approximate surface area is 167 Å². The number of nitriles is 1. The van der Waals surface area contributed by atoms with Crippen molar-refractivity contribution >= 4 is 55.5 Å². The summed E-state index contributed by atoms with van der Waals surface area (Å²) in [5.74, 6) is -0.628. The molecule has 0 bridgehead atoms. The number of benzene rings is 2. The molecule has 2 rings (SSSR count). The molecule has 0 spiro atoms. The Morgan fingerprint density at radius 1 is 1.19 bits per heavy atom. The highest BCUT2D eigenvalue weighted by Gasteiger charge is 2.13. The second kappa shape index (κ2) is 8.79. The zero-order chi connectivity index (χ0) is 19.3. The van der Waals surface area contributed by atoms with Crippen molar-refractivity contribution in [1.82, 2.24) is 0 Å². The number of carbonyl (C=O) groups is 2.